The number of methoxy groups -OCH3 is 1. The maximum Gasteiger partial charge on any atom is 0.259 e. The zero-order chi connectivity index (χ0) is 29.5. The van der Waals surface area contributed by atoms with Crippen LogP contribution in [0.5, 0.6) is 5.75 Å². The van der Waals surface area contributed by atoms with Crippen LogP contribution in [-0.4, -0.2) is 18.9 Å². The highest BCUT2D eigenvalue weighted by molar-refractivity contribution is 7.98. The van der Waals surface area contributed by atoms with E-state index in [0.29, 0.717) is 21.3 Å². The number of amides is 2. The summed E-state index contributed by atoms with van der Waals surface area (Å²) in [6.45, 7) is 0. The Morgan fingerprint density at radius 3 is 1.76 bits per heavy atom. The van der Waals surface area contributed by atoms with Crippen molar-refractivity contribution in [3.63, 3.8) is 0 Å². The summed E-state index contributed by atoms with van der Waals surface area (Å²) in [7, 11) is 1.39. The number of carbonyl (C=O) groups excluding carboxylic acids is 2. The van der Waals surface area contributed by atoms with Crippen LogP contribution in [0, 0.1) is 11.6 Å². The summed E-state index contributed by atoms with van der Waals surface area (Å²) >= 11 is 2.54. The third-order valence-corrected chi connectivity index (χ3v) is 8.13. The molecule has 2 aromatic heterocycles. The lowest BCUT2D eigenvalue weighted by Crippen LogP contribution is -2.17. The quantitative estimate of drug-likeness (QED) is 0.146. The van der Waals surface area contributed by atoms with Crippen molar-refractivity contribution >= 4 is 46.7 Å². The Bertz CT molecular complexity index is 1690. The molecular formula is C31H24F2N2O5S2. The molecule has 2 heterocycles. The van der Waals surface area contributed by atoms with Gasteiger partial charge in [0.15, 0.2) is 0 Å². The van der Waals surface area contributed by atoms with E-state index in [0.717, 1.165) is 11.5 Å². The number of hydrogen-bond acceptors (Lipinski definition) is 7. The van der Waals surface area contributed by atoms with Gasteiger partial charge < -0.3 is 24.2 Å². The van der Waals surface area contributed by atoms with E-state index in [4.69, 9.17) is 13.6 Å². The fourth-order valence-electron chi connectivity index (χ4n) is 3.91. The molecule has 5 rings (SSSR count). The van der Waals surface area contributed by atoms with Gasteiger partial charge in [-0.25, -0.2) is 8.78 Å². The Labute approximate surface area is 248 Å². The van der Waals surface area contributed by atoms with Gasteiger partial charge >= 0.3 is 0 Å². The molecule has 0 atom stereocenters. The monoisotopic (exact) mass is 606 g/mol. The Hall–Kier alpha value is -4.48. The molecule has 11 heteroatoms. The van der Waals surface area contributed by atoms with Gasteiger partial charge in [-0.15, -0.1) is 23.5 Å². The minimum Gasteiger partial charge on any atom is -0.496 e. The molecule has 7 nitrogen and oxygen atoms in total. The average molecular weight is 607 g/mol. The van der Waals surface area contributed by atoms with Gasteiger partial charge in [0.2, 0.25) is 0 Å². The number of nitrogens with one attached hydrogen (secondary N) is 2. The van der Waals surface area contributed by atoms with Crippen LogP contribution in [0.25, 0.3) is 0 Å². The molecule has 0 fully saturated rings. The largest absolute Gasteiger partial charge is 0.496 e. The molecule has 0 radical (unpaired) electrons. The van der Waals surface area contributed by atoms with E-state index in [1.54, 1.807) is 61.1 Å². The summed E-state index contributed by atoms with van der Waals surface area (Å²) in [4.78, 5) is 26.9. The second-order valence-corrected chi connectivity index (χ2v) is 10.9. The molecule has 0 unspecified atom stereocenters. The van der Waals surface area contributed by atoms with Crippen LogP contribution in [0.3, 0.4) is 0 Å². The van der Waals surface area contributed by atoms with Crippen molar-refractivity contribution < 1.29 is 31.9 Å². The lowest BCUT2D eigenvalue weighted by molar-refractivity contribution is 0.102. The number of anilines is 2. The van der Waals surface area contributed by atoms with E-state index < -0.39 is 23.4 Å². The summed E-state index contributed by atoms with van der Waals surface area (Å²) in [6.07, 6.45) is 3.11. The highest BCUT2D eigenvalue weighted by atomic mass is 32.2. The van der Waals surface area contributed by atoms with E-state index >= 15 is 0 Å². The number of carbonyl (C=O) groups is 2. The summed E-state index contributed by atoms with van der Waals surface area (Å²) < 4.78 is 45.2. The number of benzene rings is 3. The number of thioether (sulfide) groups is 2. The lowest BCUT2D eigenvalue weighted by atomic mass is 10.1. The number of hydrogen-bond donors (Lipinski definition) is 2. The van der Waals surface area contributed by atoms with Crippen molar-refractivity contribution in [1.82, 2.24) is 0 Å². The number of ether oxygens (including phenoxy) is 1. The first-order valence-corrected chi connectivity index (χ1v) is 14.6. The zero-order valence-corrected chi connectivity index (χ0v) is 23.8. The van der Waals surface area contributed by atoms with E-state index in [9.17, 15) is 18.4 Å². The van der Waals surface area contributed by atoms with Gasteiger partial charge in [0.05, 0.1) is 36.7 Å². The molecule has 0 bridgehead atoms. The van der Waals surface area contributed by atoms with Crippen LogP contribution >= 0.6 is 23.5 Å². The van der Waals surface area contributed by atoms with Gasteiger partial charge in [0.1, 0.15) is 28.9 Å². The molecule has 2 N–H and O–H groups in total. The van der Waals surface area contributed by atoms with E-state index in [1.807, 2.05) is 0 Å². The Morgan fingerprint density at radius 2 is 1.29 bits per heavy atom. The molecule has 5 aromatic rings. The van der Waals surface area contributed by atoms with Gasteiger partial charge in [-0.2, -0.15) is 0 Å². The number of furan rings is 2. The van der Waals surface area contributed by atoms with Crippen LogP contribution < -0.4 is 15.4 Å². The van der Waals surface area contributed by atoms with Crippen LogP contribution in [0.1, 0.15) is 32.2 Å². The van der Waals surface area contributed by atoms with Gasteiger partial charge in [0.25, 0.3) is 11.8 Å². The SMILES string of the molecule is COc1ccc(C(=O)Nc2ccc(SCc3ccco3)c(F)c2)cc1C(=O)Nc1ccc(SCc2ccco2)c(F)c1. The third-order valence-electron chi connectivity index (χ3n) is 5.99. The van der Waals surface area contributed by atoms with Gasteiger partial charge in [-0.3, -0.25) is 9.59 Å². The van der Waals surface area contributed by atoms with E-state index in [2.05, 4.69) is 10.6 Å². The molecule has 2 amide bonds. The standard InChI is InChI=1S/C31H24F2N2O5S2/c1-38-27-9-6-19(30(36)34-20-7-10-28(25(32)15-20)41-17-22-4-2-12-39-22)14-24(27)31(37)35-21-8-11-29(26(33)16-21)42-18-23-5-3-13-40-23/h2-16H,17-18H2,1H3,(H,34,36)(H,35,37). The third kappa shape index (κ3) is 7.23. The highest BCUT2D eigenvalue weighted by Crippen LogP contribution is 2.30. The fraction of sp³-hybridized carbons (Fsp3) is 0.0968. The average Bonchev–Trinajstić information content (AvgIpc) is 3.71. The summed E-state index contributed by atoms with van der Waals surface area (Å²) in [5.74, 6) is 0.454. The normalized spacial score (nSPS) is 10.8. The fourth-order valence-corrected chi connectivity index (χ4v) is 5.55. The molecule has 0 saturated carbocycles. The topological polar surface area (TPSA) is 93.7 Å². The molecule has 3 aromatic carbocycles. The van der Waals surface area contributed by atoms with Crippen molar-refractivity contribution in [1.29, 1.82) is 0 Å². The minimum atomic E-state index is -0.596. The lowest BCUT2D eigenvalue weighted by Gasteiger charge is -2.13. The molecule has 0 aliphatic rings. The first kappa shape index (κ1) is 29.0. The Morgan fingerprint density at radius 1 is 0.738 bits per heavy atom. The zero-order valence-electron chi connectivity index (χ0n) is 22.2. The number of halogens is 2. The predicted octanol–water partition coefficient (Wildman–Crippen LogP) is 8.25. The van der Waals surface area contributed by atoms with Crippen LogP contribution in [-0.2, 0) is 11.5 Å². The molecule has 0 aliphatic heterocycles. The molecular weight excluding hydrogens is 582 g/mol. The molecule has 42 heavy (non-hydrogen) atoms. The first-order chi connectivity index (χ1) is 20.4. The van der Waals surface area contributed by atoms with Crippen molar-refractivity contribution in [3.05, 3.63) is 126 Å². The van der Waals surface area contributed by atoms with Gasteiger partial charge in [0, 0.05) is 26.7 Å². The molecule has 0 saturated heterocycles. The smallest absolute Gasteiger partial charge is 0.259 e. The maximum atomic E-state index is 14.7. The summed E-state index contributed by atoms with van der Waals surface area (Å²) in [5.41, 5.74) is 0.700. The summed E-state index contributed by atoms with van der Waals surface area (Å²) in [6, 6.07) is 20.2. The number of rotatable bonds is 11. The predicted molar refractivity (Wildman–Crippen MR) is 158 cm³/mol. The highest BCUT2D eigenvalue weighted by Gasteiger charge is 2.18. The Balaban J connectivity index is 1.24. The first-order valence-electron chi connectivity index (χ1n) is 12.6. The second-order valence-electron chi connectivity index (χ2n) is 8.85. The van der Waals surface area contributed by atoms with Gasteiger partial charge in [-0.05, 0) is 78.9 Å². The maximum absolute atomic E-state index is 14.7. The van der Waals surface area contributed by atoms with Crippen LogP contribution in [0.4, 0.5) is 20.2 Å². The van der Waals surface area contributed by atoms with Crippen molar-refractivity contribution in [2.45, 2.75) is 21.3 Å². The van der Waals surface area contributed by atoms with Crippen molar-refractivity contribution in [3.8, 4) is 5.75 Å². The minimum absolute atomic E-state index is 0.0673. The van der Waals surface area contributed by atoms with Gasteiger partial charge in [-0.1, -0.05) is 0 Å². The molecule has 0 aliphatic carbocycles. The molecule has 214 valence electrons. The van der Waals surface area contributed by atoms with E-state index in [1.165, 1.54) is 61.0 Å². The second kappa shape index (κ2) is 13.5. The Kier molecular flexibility index (Phi) is 9.30. The van der Waals surface area contributed by atoms with Crippen molar-refractivity contribution in [2.24, 2.45) is 0 Å². The van der Waals surface area contributed by atoms with Crippen molar-refractivity contribution in [2.75, 3.05) is 17.7 Å². The molecule has 0 spiro atoms. The van der Waals surface area contributed by atoms with Crippen LogP contribution in [0.2, 0.25) is 0 Å². The van der Waals surface area contributed by atoms with Crippen LogP contribution in [0.15, 0.2) is 110 Å². The van der Waals surface area contributed by atoms with E-state index in [-0.39, 0.29) is 28.3 Å². The summed E-state index contributed by atoms with van der Waals surface area (Å²) in [5, 5.41) is 5.29.